The van der Waals surface area contributed by atoms with E-state index in [1.54, 1.807) is 0 Å². The molecule has 1 N–H and O–H groups in total. The molecule has 1 aliphatic heterocycles. The zero-order valence-electron chi connectivity index (χ0n) is 12.9. The fraction of sp³-hybridized carbons (Fsp3) is 0.562. The van der Waals surface area contributed by atoms with Gasteiger partial charge in [-0.25, -0.2) is 4.79 Å². The van der Waals surface area contributed by atoms with Crippen molar-refractivity contribution in [3.8, 4) is 0 Å². The summed E-state index contributed by atoms with van der Waals surface area (Å²) in [4.78, 5) is 14.1. The van der Waals surface area contributed by atoms with E-state index in [4.69, 9.17) is 4.74 Å². The molecule has 0 saturated carbocycles. The minimum absolute atomic E-state index is 0.199. The molecule has 0 aromatic heterocycles. The van der Waals surface area contributed by atoms with Gasteiger partial charge in [-0.15, -0.1) is 0 Å². The average Bonchev–Trinajstić information content (AvgIpc) is 2.84. The number of carbonyl (C=O) groups is 1. The molecule has 1 unspecified atom stereocenters. The molecule has 1 aromatic rings. The van der Waals surface area contributed by atoms with Crippen molar-refractivity contribution in [1.29, 1.82) is 0 Å². The van der Waals surface area contributed by atoms with E-state index < -0.39 is 5.60 Å². The van der Waals surface area contributed by atoms with Crippen molar-refractivity contribution >= 4 is 34.4 Å². The molecule has 2 rings (SSSR count). The van der Waals surface area contributed by atoms with Crippen LogP contribution in [0, 0.1) is 3.57 Å². The van der Waals surface area contributed by atoms with Crippen LogP contribution in [-0.2, 0) is 4.74 Å². The number of hydrogen-bond donors (Lipinski definition) is 1. The lowest BCUT2D eigenvalue weighted by Gasteiger charge is -2.29. The second kappa shape index (κ2) is 6.85. The van der Waals surface area contributed by atoms with Crippen molar-refractivity contribution in [2.45, 2.75) is 45.3 Å². The molecule has 5 heteroatoms. The maximum absolute atomic E-state index is 12.2. The van der Waals surface area contributed by atoms with Crippen LogP contribution in [-0.4, -0.2) is 35.7 Å². The zero-order chi connectivity index (χ0) is 15.5. The number of hydrogen-bond acceptors (Lipinski definition) is 3. The van der Waals surface area contributed by atoms with Crippen molar-refractivity contribution in [3.63, 3.8) is 0 Å². The SMILES string of the molecule is CC(C)(C)OC(=O)N1CCCC1CNc1ccccc1I. The van der Waals surface area contributed by atoms with E-state index in [0.717, 1.165) is 31.6 Å². The third-order valence-corrected chi connectivity index (χ3v) is 4.35. The number of nitrogens with one attached hydrogen (secondary N) is 1. The summed E-state index contributed by atoms with van der Waals surface area (Å²) in [6.45, 7) is 7.26. The van der Waals surface area contributed by atoms with E-state index in [-0.39, 0.29) is 12.1 Å². The standard InChI is InChI=1S/C16H23IN2O2/c1-16(2,3)21-15(20)19-10-6-7-12(19)11-18-14-9-5-4-8-13(14)17/h4-5,8-9,12,18H,6-7,10-11H2,1-3H3. The van der Waals surface area contributed by atoms with Gasteiger partial charge in [-0.2, -0.15) is 0 Å². The van der Waals surface area contributed by atoms with Gasteiger partial charge in [0.15, 0.2) is 0 Å². The summed E-state index contributed by atoms with van der Waals surface area (Å²) >= 11 is 2.32. The van der Waals surface area contributed by atoms with E-state index in [0.29, 0.717) is 0 Å². The molecule has 1 saturated heterocycles. The minimum atomic E-state index is -0.438. The van der Waals surface area contributed by atoms with Crippen LogP contribution in [0.3, 0.4) is 0 Å². The first-order chi connectivity index (χ1) is 9.87. The third kappa shape index (κ3) is 4.76. The summed E-state index contributed by atoms with van der Waals surface area (Å²) in [6.07, 6.45) is 1.86. The van der Waals surface area contributed by atoms with Crippen LogP contribution >= 0.6 is 22.6 Å². The average molecular weight is 402 g/mol. The summed E-state index contributed by atoms with van der Waals surface area (Å²) in [5, 5.41) is 3.45. The van der Waals surface area contributed by atoms with Gasteiger partial charge in [0.2, 0.25) is 0 Å². The minimum Gasteiger partial charge on any atom is -0.444 e. The lowest BCUT2D eigenvalue weighted by molar-refractivity contribution is 0.0235. The number of benzene rings is 1. The molecule has 1 atom stereocenters. The highest BCUT2D eigenvalue weighted by Gasteiger charge is 2.31. The number of likely N-dealkylation sites (tertiary alicyclic amines) is 1. The van der Waals surface area contributed by atoms with Crippen molar-refractivity contribution in [3.05, 3.63) is 27.8 Å². The van der Waals surface area contributed by atoms with Gasteiger partial charge >= 0.3 is 6.09 Å². The Morgan fingerprint density at radius 3 is 2.81 bits per heavy atom. The Hall–Kier alpha value is -0.980. The number of ether oxygens (including phenoxy) is 1. The Labute approximate surface area is 140 Å². The van der Waals surface area contributed by atoms with E-state index in [9.17, 15) is 4.79 Å². The smallest absolute Gasteiger partial charge is 0.410 e. The maximum Gasteiger partial charge on any atom is 0.410 e. The molecular weight excluding hydrogens is 379 g/mol. The second-order valence-corrected chi connectivity index (χ2v) is 7.49. The summed E-state index contributed by atoms with van der Waals surface area (Å²) in [5.74, 6) is 0. The number of rotatable bonds is 3. The topological polar surface area (TPSA) is 41.6 Å². The molecule has 1 aliphatic rings. The zero-order valence-corrected chi connectivity index (χ0v) is 15.0. The molecule has 0 spiro atoms. The van der Waals surface area contributed by atoms with Gasteiger partial charge in [-0.1, -0.05) is 12.1 Å². The second-order valence-electron chi connectivity index (χ2n) is 6.33. The van der Waals surface area contributed by atoms with Crippen LogP contribution in [0.15, 0.2) is 24.3 Å². The van der Waals surface area contributed by atoms with Crippen molar-refractivity contribution in [1.82, 2.24) is 4.90 Å². The summed E-state index contributed by atoms with van der Waals surface area (Å²) in [7, 11) is 0. The summed E-state index contributed by atoms with van der Waals surface area (Å²) in [5.41, 5.74) is 0.682. The number of amides is 1. The maximum atomic E-state index is 12.2. The number of halogens is 1. The Morgan fingerprint density at radius 1 is 1.43 bits per heavy atom. The van der Waals surface area contributed by atoms with Gasteiger partial charge in [0, 0.05) is 22.3 Å². The molecule has 1 heterocycles. The van der Waals surface area contributed by atoms with E-state index in [1.165, 1.54) is 3.57 Å². The molecule has 0 bridgehead atoms. The van der Waals surface area contributed by atoms with Crippen LogP contribution in [0.5, 0.6) is 0 Å². The largest absolute Gasteiger partial charge is 0.444 e. The molecule has 0 aliphatic carbocycles. The molecule has 1 aromatic carbocycles. The van der Waals surface area contributed by atoms with Crippen molar-refractivity contribution in [2.75, 3.05) is 18.4 Å². The lowest BCUT2D eigenvalue weighted by atomic mass is 10.2. The van der Waals surface area contributed by atoms with Crippen LogP contribution in [0.25, 0.3) is 0 Å². The monoisotopic (exact) mass is 402 g/mol. The number of para-hydroxylation sites is 1. The molecule has 4 nitrogen and oxygen atoms in total. The first-order valence-electron chi connectivity index (χ1n) is 7.35. The first kappa shape index (κ1) is 16.4. The molecule has 21 heavy (non-hydrogen) atoms. The van der Waals surface area contributed by atoms with Gasteiger partial charge in [0.1, 0.15) is 5.60 Å². The van der Waals surface area contributed by atoms with Gasteiger partial charge in [0.05, 0.1) is 6.04 Å². The summed E-state index contributed by atoms with van der Waals surface area (Å²) < 4.78 is 6.68. The quantitative estimate of drug-likeness (QED) is 0.775. The Kier molecular flexibility index (Phi) is 5.35. The highest BCUT2D eigenvalue weighted by atomic mass is 127. The first-order valence-corrected chi connectivity index (χ1v) is 8.43. The van der Waals surface area contributed by atoms with Crippen LogP contribution < -0.4 is 5.32 Å². The highest BCUT2D eigenvalue weighted by Crippen LogP contribution is 2.23. The van der Waals surface area contributed by atoms with E-state index in [2.05, 4.69) is 40.0 Å². The van der Waals surface area contributed by atoms with E-state index in [1.807, 2.05) is 37.8 Å². The van der Waals surface area contributed by atoms with Gasteiger partial charge in [-0.05, 0) is 68.3 Å². The molecule has 116 valence electrons. The lowest BCUT2D eigenvalue weighted by Crippen LogP contribution is -2.42. The number of anilines is 1. The molecule has 1 amide bonds. The summed E-state index contributed by atoms with van der Waals surface area (Å²) in [6, 6.07) is 8.38. The normalized spacial score (nSPS) is 18.7. The van der Waals surface area contributed by atoms with Crippen LogP contribution in [0.4, 0.5) is 10.5 Å². The van der Waals surface area contributed by atoms with Gasteiger partial charge in [-0.3, -0.25) is 0 Å². The molecule has 1 fully saturated rings. The van der Waals surface area contributed by atoms with Crippen molar-refractivity contribution in [2.24, 2.45) is 0 Å². The number of carbonyl (C=O) groups excluding carboxylic acids is 1. The third-order valence-electron chi connectivity index (χ3n) is 3.41. The highest BCUT2D eigenvalue weighted by molar-refractivity contribution is 14.1. The Bertz CT molecular complexity index is 499. The van der Waals surface area contributed by atoms with E-state index >= 15 is 0 Å². The van der Waals surface area contributed by atoms with Crippen LogP contribution in [0.1, 0.15) is 33.6 Å². The predicted octanol–water partition coefficient (Wildman–Crippen LogP) is 4.10. The molecular formula is C16H23IN2O2. The fourth-order valence-electron chi connectivity index (χ4n) is 2.44. The number of nitrogens with zero attached hydrogens (tertiary/aromatic N) is 1. The molecule has 0 radical (unpaired) electrons. The predicted molar refractivity (Wildman–Crippen MR) is 93.6 cm³/mol. The Balaban J connectivity index is 1.93. The fourth-order valence-corrected chi connectivity index (χ4v) is 3.02. The van der Waals surface area contributed by atoms with Crippen molar-refractivity contribution < 1.29 is 9.53 Å². The van der Waals surface area contributed by atoms with Gasteiger partial charge < -0.3 is 15.0 Å². The Morgan fingerprint density at radius 2 is 2.14 bits per heavy atom. The van der Waals surface area contributed by atoms with Gasteiger partial charge in [0.25, 0.3) is 0 Å². The van der Waals surface area contributed by atoms with Crippen LogP contribution in [0.2, 0.25) is 0 Å².